The number of hydrogen-bond donors (Lipinski definition) is 0. The lowest BCUT2D eigenvalue weighted by molar-refractivity contribution is 0.0734. The second kappa shape index (κ2) is 26.9. The van der Waals surface area contributed by atoms with Gasteiger partial charge >= 0.3 is 11.9 Å². The largest absolute Gasteiger partial charge is 0.494 e. The van der Waals surface area contributed by atoms with Gasteiger partial charge in [0.05, 0.1) is 24.3 Å². The summed E-state index contributed by atoms with van der Waals surface area (Å²) in [5.41, 5.74) is 1.46. The Kier molecular flexibility index (Phi) is 20.7. The Hall–Kier alpha value is -5.32. The second-order valence-electron chi connectivity index (χ2n) is 15.1. The molecule has 62 heavy (non-hydrogen) atoms. The molecule has 0 bridgehead atoms. The first kappa shape index (κ1) is 47.7. The van der Waals surface area contributed by atoms with E-state index in [2.05, 4.69) is 13.8 Å². The third-order valence-corrected chi connectivity index (χ3v) is 11.9. The van der Waals surface area contributed by atoms with E-state index in [9.17, 15) is 19.2 Å². The van der Waals surface area contributed by atoms with Crippen molar-refractivity contribution in [2.45, 2.75) is 114 Å². The van der Waals surface area contributed by atoms with Crippen molar-refractivity contribution in [3.63, 3.8) is 0 Å². The zero-order chi connectivity index (χ0) is 43.8. The van der Waals surface area contributed by atoms with Crippen LogP contribution in [0.25, 0.3) is 0 Å². The van der Waals surface area contributed by atoms with E-state index >= 15 is 0 Å². The van der Waals surface area contributed by atoms with E-state index in [0.29, 0.717) is 45.6 Å². The summed E-state index contributed by atoms with van der Waals surface area (Å²) < 4.78 is 22.8. The Balaban J connectivity index is 1.02. The Bertz CT molecular complexity index is 1980. The fourth-order valence-electron chi connectivity index (χ4n) is 6.46. The third-order valence-electron chi connectivity index (χ3n) is 10.0. The van der Waals surface area contributed by atoms with Crippen LogP contribution in [-0.4, -0.2) is 35.4 Å². The summed E-state index contributed by atoms with van der Waals surface area (Å²) in [4.78, 5) is 53.3. The lowest BCUT2D eigenvalue weighted by atomic mass is 10.1. The fourth-order valence-corrected chi connectivity index (χ4v) is 7.94. The van der Waals surface area contributed by atoms with Crippen molar-refractivity contribution >= 4 is 45.7 Å². The van der Waals surface area contributed by atoms with Gasteiger partial charge in [0.1, 0.15) is 23.0 Å². The first-order valence-corrected chi connectivity index (χ1v) is 23.6. The Morgan fingerprint density at radius 1 is 0.387 bits per heavy atom. The van der Waals surface area contributed by atoms with Crippen molar-refractivity contribution in [2.24, 2.45) is 0 Å². The molecule has 326 valence electrons. The van der Waals surface area contributed by atoms with Crippen molar-refractivity contribution in [1.29, 1.82) is 0 Å². The van der Waals surface area contributed by atoms with E-state index in [0.717, 1.165) is 60.7 Å². The van der Waals surface area contributed by atoms with E-state index in [-0.39, 0.29) is 21.4 Å². The van der Waals surface area contributed by atoms with E-state index in [1.807, 2.05) is 24.3 Å². The highest BCUT2D eigenvalue weighted by molar-refractivity contribution is 8.14. The lowest BCUT2D eigenvalue weighted by Gasteiger charge is -2.09. The van der Waals surface area contributed by atoms with Crippen molar-refractivity contribution in [1.82, 2.24) is 0 Å². The summed E-state index contributed by atoms with van der Waals surface area (Å²) in [6, 6.07) is 33.8. The molecule has 0 radical (unpaired) electrons. The van der Waals surface area contributed by atoms with E-state index in [1.54, 1.807) is 91.0 Å². The second-order valence-corrected chi connectivity index (χ2v) is 17.2. The Labute approximate surface area is 375 Å². The summed E-state index contributed by atoms with van der Waals surface area (Å²) in [7, 11) is 0. The molecular weight excluding hydrogens is 817 g/mol. The molecule has 0 aliphatic carbocycles. The molecule has 8 nitrogen and oxygen atoms in total. The van der Waals surface area contributed by atoms with Crippen LogP contribution >= 0.6 is 23.5 Å². The molecule has 0 heterocycles. The van der Waals surface area contributed by atoms with Gasteiger partial charge in [-0.2, -0.15) is 0 Å². The Morgan fingerprint density at radius 2 is 0.726 bits per heavy atom. The molecule has 0 saturated heterocycles. The van der Waals surface area contributed by atoms with Crippen molar-refractivity contribution in [2.75, 3.05) is 13.2 Å². The number of unbranched alkanes of at least 4 members (excludes halogenated alkanes) is 12. The van der Waals surface area contributed by atoms with E-state index in [4.69, 9.17) is 18.9 Å². The quantitative estimate of drug-likeness (QED) is 0.0231. The number of benzene rings is 5. The molecule has 0 aliphatic heterocycles. The normalized spacial score (nSPS) is 10.9. The van der Waals surface area contributed by atoms with Gasteiger partial charge in [-0.1, -0.05) is 97.0 Å². The summed E-state index contributed by atoms with van der Waals surface area (Å²) in [6.45, 7) is 5.78. The van der Waals surface area contributed by atoms with Crippen LogP contribution in [-0.2, 0) is 0 Å². The molecule has 0 fully saturated rings. The van der Waals surface area contributed by atoms with Gasteiger partial charge in [-0.05, 0) is 152 Å². The molecule has 0 N–H and O–H groups in total. The fraction of sp³-hybridized carbons (Fsp3) is 0.346. The minimum Gasteiger partial charge on any atom is -0.494 e. The van der Waals surface area contributed by atoms with Crippen LogP contribution < -0.4 is 18.9 Å². The zero-order valence-electron chi connectivity index (χ0n) is 35.9. The van der Waals surface area contributed by atoms with Crippen molar-refractivity contribution in [3.8, 4) is 23.0 Å². The van der Waals surface area contributed by atoms with Gasteiger partial charge < -0.3 is 18.9 Å². The molecule has 0 spiro atoms. The van der Waals surface area contributed by atoms with Crippen LogP contribution in [0.5, 0.6) is 23.0 Å². The number of carbonyl (C=O) groups is 4. The number of hydrogen-bond acceptors (Lipinski definition) is 10. The number of carbonyl (C=O) groups excluding carboxylic acids is 4. The highest BCUT2D eigenvalue weighted by Gasteiger charge is 2.16. The van der Waals surface area contributed by atoms with Gasteiger partial charge in [-0.3, -0.25) is 9.59 Å². The van der Waals surface area contributed by atoms with Gasteiger partial charge in [0, 0.05) is 20.9 Å². The molecule has 0 unspecified atom stereocenters. The molecule has 0 aliphatic rings. The number of ether oxygens (including phenoxy) is 4. The molecule has 5 aromatic rings. The highest BCUT2D eigenvalue weighted by atomic mass is 32.2. The SMILES string of the molecule is CCCCCCCCCOc1ccc(C(=O)Sc2ccc(OC(=O)c3cccc(C(=O)Oc4ccc(SC(=O)c5ccc(OCCCCCCCCC)cc5)cc4)c3)cc2)cc1. The molecule has 10 heteroatoms. The minimum absolute atomic E-state index is 0.112. The lowest BCUT2D eigenvalue weighted by Crippen LogP contribution is -2.12. The smallest absolute Gasteiger partial charge is 0.343 e. The van der Waals surface area contributed by atoms with Gasteiger partial charge in [0.25, 0.3) is 0 Å². The first-order chi connectivity index (χ1) is 30.3. The maximum absolute atomic E-state index is 13.0. The van der Waals surface area contributed by atoms with Crippen LogP contribution in [0.2, 0.25) is 0 Å². The van der Waals surface area contributed by atoms with E-state index < -0.39 is 11.9 Å². The van der Waals surface area contributed by atoms with Crippen molar-refractivity contribution in [3.05, 3.63) is 144 Å². The average molecular weight is 875 g/mol. The topological polar surface area (TPSA) is 105 Å². The predicted molar refractivity (Wildman–Crippen MR) is 249 cm³/mol. The third kappa shape index (κ3) is 16.9. The standard InChI is InChI=1S/C52H58O8S2/c1-3-5-7-9-11-13-15-36-57-43-24-20-39(21-25-43)51(55)61-47-32-28-45(29-33-47)59-49(53)41-18-17-19-42(38-41)50(54)60-46-30-34-48(35-31-46)62-52(56)40-22-26-44(27-23-40)58-37-16-14-12-10-8-6-4-2/h17-35,38H,3-16,36-37H2,1-2H3. The average Bonchev–Trinajstić information content (AvgIpc) is 3.30. The summed E-state index contributed by atoms with van der Waals surface area (Å²) in [5, 5.41) is -0.224. The molecule has 0 atom stereocenters. The van der Waals surface area contributed by atoms with Crippen molar-refractivity contribution < 1.29 is 38.1 Å². The van der Waals surface area contributed by atoms with Crippen LogP contribution in [0.3, 0.4) is 0 Å². The minimum atomic E-state index is -0.651. The Morgan fingerprint density at radius 3 is 1.10 bits per heavy atom. The summed E-state index contributed by atoms with van der Waals surface area (Å²) in [6.07, 6.45) is 17.1. The maximum Gasteiger partial charge on any atom is 0.343 e. The van der Waals surface area contributed by atoms with Gasteiger partial charge in [-0.25, -0.2) is 9.59 Å². The van der Waals surface area contributed by atoms with E-state index in [1.165, 1.54) is 70.3 Å². The van der Waals surface area contributed by atoms with Gasteiger partial charge in [0.2, 0.25) is 10.2 Å². The molecule has 0 aromatic heterocycles. The van der Waals surface area contributed by atoms with Gasteiger partial charge in [0.15, 0.2) is 0 Å². The number of rotatable bonds is 26. The molecule has 5 aromatic carbocycles. The van der Waals surface area contributed by atoms with Crippen LogP contribution in [0.4, 0.5) is 0 Å². The molecule has 0 amide bonds. The zero-order valence-corrected chi connectivity index (χ0v) is 37.6. The number of esters is 2. The van der Waals surface area contributed by atoms with Gasteiger partial charge in [-0.15, -0.1) is 0 Å². The van der Waals surface area contributed by atoms with Crippen LogP contribution in [0, 0.1) is 0 Å². The predicted octanol–water partition coefficient (Wildman–Crippen LogP) is 14.2. The highest BCUT2D eigenvalue weighted by Crippen LogP contribution is 2.28. The number of thioether (sulfide) groups is 2. The molecule has 0 saturated carbocycles. The monoisotopic (exact) mass is 874 g/mol. The summed E-state index contributed by atoms with van der Waals surface area (Å²) in [5.74, 6) is 0.778. The van der Waals surface area contributed by atoms with Crippen LogP contribution in [0.1, 0.15) is 145 Å². The van der Waals surface area contributed by atoms with Crippen LogP contribution in [0.15, 0.2) is 131 Å². The first-order valence-electron chi connectivity index (χ1n) is 22.0. The molecular formula is C52H58O8S2. The summed E-state index contributed by atoms with van der Waals surface area (Å²) >= 11 is 2.16. The maximum atomic E-state index is 13.0. The molecule has 5 rings (SSSR count).